The van der Waals surface area contributed by atoms with Gasteiger partial charge in [-0.15, -0.1) is 12.4 Å². The topological polar surface area (TPSA) is 46.3 Å². The van der Waals surface area contributed by atoms with E-state index in [1.807, 2.05) is 4.90 Å². The average molecular weight is 311 g/mol. The number of aryl methyl sites for hydroxylation is 1. The molecule has 1 heterocycles. The molecule has 0 bridgehead atoms. The molecule has 1 aliphatic rings. The standard InChI is InChI=1S/C17H26N2O.ClH/c1-13(2)16-6-3-14(4-7-16)5-8-17(20)19-10-9-15(11-18)12-19;/h3-4,6-7,13,15H,5,8-12,18H2,1-2H3;1H. The van der Waals surface area contributed by atoms with Crippen LogP contribution in [0, 0.1) is 5.92 Å². The smallest absolute Gasteiger partial charge is 0.222 e. The molecule has 1 aromatic rings. The molecule has 1 fully saturated rings. The molecule has 0 spiro atoms. The van der Waals surface area contributed by atoms with Crippen LogP contribution in [0.1, 0.15) is 43.7 Å². The molecule has 1 saturated heterocycles. The molecule has 118 valence electrons. The maximum Gasteiger partial charge on any atom is 0.222 e. The third kappa shape index (κ3) is 5.01. The Morgan fingerprint density at radius 1 is 1.33 bits per heavy atom. The zero-order valence-corrected chi connectivity index (χ0v) is 13.9. The summed E-state index contributed by atoms with van der Waals surface area (Å²) in [7, 11) is 0. The molecule has 1 aliphatic heterocycles. The first-order valence-corrected chi connectivity index (χ1v) is 7.67. The quantitative estimate of drug-likeness (QED) is 0.909. The Hall–Kier alpha value is -1.06. The van der Waals surface area contributed by atoms with E-state index in [4.69, 9.17) is 5.73 Å². The van der Waals surface area contributed by atoms with Gasteiger partial charge in [0.1, 0.15) is 0 Å². The van der Waals surface area contributed by atoms with E-state index < -0.39 is 0 Å². The Balaban J connectivity index is 0.00000220. The number of carbonyl (C=O) groups is 1. The van der Waals surface area contributed by atoms with Crippen molar-refractivity contribution in [1.29, 1.82) is 0 Å². The van der Waals surface area contributed by atoms with E-state index in [9.17, 15) is 4.79 Å². The molecule has 0 radical (unpaired) electrons. The van der Waals surface area contributed by atoms with E-state index in [-0.39, 0.29) is 18.3 Å². The minimum absolute atomic E-state index is 0. The summed E-state index contributed by atoms with van der Waals surface area (Å²) in [4.78, 5) is 14.1. The first kappa shape index (κ1) is 18.0. The van der Waals surface area contributed by atoms with Crippen molar-refractivity contribution in [3.8, 4) is 0 Å². The molecule has 0 aromatic heterocycles. The number of hydrogen-bond acceptors (Lipinski definition) is 2. The summed E-state index contributed by atoms with van der Waals surface area (Å²) in [6, 6.07) is 8.64. The molecule has 2 N–H and O–H groups in total. The Morgan fingerprint density at radius 3 is 2.52 bits per heavy atom. The van der Waals surface area contributed by atoms with E-state index in [0.717, 1.165) is 25.9 Å². The lowest BCUT2D eigenvalue weighted by Crippen LogP contribution is -2.29. The van der Waals surface area contributed by atoms with Crippen LogP contribution in [0.15, 0.2) is 24.3 Å². The summed E-state index contributed by atoms with van der Waals surface area (Å²) in [6.45, 7) is 6.81. The van der Waals surface area contributed by atoms with Crippen molar-refractivity contribution in [2.75, 3.05) is 19.6 Å². The van der Waals surface area contributed by atoms with Gasteiger partial charge in [-0.05, 0) is 42.3 Å². The Kier molecular flexibility index (Phi) is 7.20. The lowest BCUT2D eigenvalue weighted by molar-refractivity contribution is -0.130. The largest absolute Gasteiger partial charge is 0.342 e. The fourth-order valence-corrected chi connectivity index (χ4v) is 2.73. The Bertz CT molecular complexity index is 445. The lowest BCUT2D eigenvalue weighted by atomic mass is 10.0. The predicted octanol–water partition coefficient (Wildman–Crippen LogP) is 2.97. The molecule has 1 unspecified atom stereocenters. The number of amides is 1. The van der Waals surface area contributed by atoms with Crippen LogP contribution in [0.2, 0.25) is 0 Å². The second-order valence-electron chi connectivity index (χ2n) is 6.13. The normalized spacial score (nSPS) is 17.9. The van der Waals surface area contributed by atoms with Crippen molar-refractivity contribution >= 4 is 18.3 Å². The van der Waals surface area contributed by atoms with Crippen LogP contribution in [-0.2, 0) is 11.2 Å². The SMILES string of the molecule is CC(C)c1ccc(CCC(=O)N2CCC(CN)C2)cc1.Cl. The fraction of sp³-hybridized carbons (Fsp3) is 0.588. The van der Waals surface area contributed by atoms with Crippen LogP contribution in [0.5, 0.6) is 0 Å². The number of benzene rings is 1. The summed E-state index contributed by atoms with van der Waals surface area (Å²) in [5.41, 5.74) is 8.26. The molecule has 1 aromatic carbocycles. The van der Waals surface area contributed by atoms with E-state index in [2.05, 4.69) is 38.1 Å². The number of hydrogen-bond donors (Lipinski definition) is 1. The second kappa shape index (κ2) is 8.40. The predicted molar refractivity (Wildman–Crippen MR) is 89.8 cm³/mol. The van der Waals surface area contributed by atoms with Crippen LogP contribution >= 0.6 is 12.4 Å². The van der Waals surface area contributed by atoms with Gasteiger partial charge in [0.15, 0.2) is 0 Å². The van der Waals surface area contributed by atoms with Crippen LogP contribution in [0.25, 0.3) is 0 Å². The highest BCUT2D eigenvalue weighted by atomic mass is 35.5. The summed E-state index contributed by atoms with van der Waals surface area (Å²) >= 11 is 0. The number of halogens is 1. The van der Waals surface area contributed by atoms with E-state index >= 15 is 0 Å². The molecular weight excluding hydrogens is 284 g/mol. The molecule has 2 rings (SSSR count). The van der Waals surface area contributed by atoms with E-state index in [1.165, 1.54) is 11.1 Å². The number of nitrogens with zero attached hydrogens (tertiary/aromatic N) is 1. The minimum Gasteiger partial charge on any atom is -0.342 e. The molecule has 4 heteroatoms. The van der Waals surface area contributed by atoms with Crippen LogP contribution in [-0.4, -0.2) is 30.4 Å². The summed E-state index contributed by atoms with van der Waals surface area (Å²) < 4.78 is 0. The van der Waals surface area contributed by atoms with Gasteiger partial charge in [-0.3, -0.25) is 4.79 Å². The average Bonchev–Trinajstić information content (AvgIpc) is 2.94. The maximum absolute atomic E-state index is 12.1. The molecule has 1 amide bonds. The van der Waals surface area contributed by atoms with Gasteiger partial charge in [-0.2, -0.15) is 0 Å². The highest BCUT2D eigenvalue weighted by Crippen LogP contribution is 2.18. The van der Waals surface area contributed by atoms with Crippen molar-refractivity contribution in [3.63, 3.8) is 0 Å². The van der Waals surface area contributed by atoms with Crippen molar-refractivity contribution in [2.24, 2.45) is 11.7 Å². The van der Waals surface area contributed by atoms with Crippen molar-refractivity contribution < 1.29 is 4.79 Å². The van der Waals surface area contributed by atoms with Gasteiger partial charge in [0.25, 0.3) is 0 Å². The zero-order valence-electron chi connectivity index (χ0n) is 13.0. The molecule has 0 aliphatic carbocycles. The van der Waals surface area contributed by atoms with Gasteiger partial charge in [0, 0.05) is 19.5 Å². The van der Waals surface area contributed by atoms with Gasteiger partial charge in [-0.1, -0.05) is 38.1 Å². The highest BCUT2D eigenvalue weighted by Gasteiger charge is 2.24. The summed E-state index contributed by atoms with van der Waals surface area (Å²) in [6.07, 6.45) is 2.50. The van der Waals surface area contributed by atoms with Gasteiger partial charge in [-0.25, -0.2) is 0 Å². The van der Waals surface area contributed by atoms with Gasteiger partial charge >= 0.3 is 0 Å². The monoisotopic (exact) mass is 310 g/mol. The Labute approximate surface area is 134 Å². The van der Waals surface area contributed by atoms with Gasteiger partial charge < -0.3 is 10.6 Å². The number of rotatable bonds is 5. The van der Waals surface area contributed by atoms with Crippen molar-refractivity contribution in [1.82, 2.24) is 4.90 Å². The lowest BCUT2D eigenvalue weighted by Gasteiger charge is -2.16. The van der Waals surface area contributed by atoms with Crippen LogP contribution in [0.4, 0.5) is 0 Å². The minimum atomic E-state index is 0. The molecule has 0 saturated carbocycles. The number of nitrogens with two attached hydrogens (primary N) is 1. The van der Waals surface area contributed by atoms with E-state index in [1.54, 1.807) is 0 Å². The summed E-state index contributed by atoms with van der Waals surface area (Å²) in [5.74, 6) is 1.33. The zero-order chi connectivity index (χ0) is 14.5. The van der Waals surface area contributed by atoms with Crippen LogP contribution < -0.4 is 5.73 Å². The Morgan fingerprint density at radius 2 is 2.00 bits per heavy atom. The third-order valence-electron chi connectivity index (χ3n) is 4.25. The summed E-state index contributed by atoms with van der Waals surface area (Å²) in [5, 5.41) is 0. The van der Waals surface area contributed by atoms with Crippen molar-refractivity contribution in [3.05, 3.63) is 35.4 Å². The molecule has 21 heavy (non-hydrogen) atoms. The van der Waals surface area contributed by atoms with Gasteiger partial charge in [0.2, 0.25) is 5.91 Å². The molecular formula is C17H27ClN2O. The highest BCUT2D eigenvalue weighted by molar-refractivity contribution is 5.85. The van der Waals surface area contributed by atoms with Crippen LogP contribution in [0.3, 0.4) is 0 Å². The second-order valence-corrected chi connectivity index (χ2v) is 6.13. The molecule has 1 atom stereocenters. The number of carbonyl (C=O) groups excluding carboxylic acids is 1. The van der Waals surface area contributed by atoms with E-state index in [0.29, 0.717) is 24.8 Å². The first-order chi connectivity index (χ1) is 9.60. The van der Waals surface area contributed by atoms with Gasteiger partial charge in [0.05, 0.1) is 0 Å². The third-order valence-corrected chi connectivity index (χ3v) is 4.25. The fourth-order valence-electron chi connectivity index (χ4n) is 2.73. The number of likely N-dealkylation sites (tertiary alicyclic amines) is 1. The molecule has 3 nitrogen and oxygen atoms in total. The first-order valence-electron chi connectivity index (χ1n) is 7.67. The maximum atomic E-state index is 12.1. The van der Waals surface area contributed by atoms with Crippen molar-refractivity contribution in [2.45, 2.75) is 39.0 Å².